The topological polar surface area (TPSA) is 58.4 Å². The van der Waals surface area contributed by atoms with Gasteiger partial charge in [0.1, 0.15) is 5.69 Å². The molecule has 154 valence electrons. The predicted molar refractivity (Wildman–Crippen MR) is 105 cm³/mol. The Morgan fingerprint density at radius 3 is 2.69 bits per heavy atom. The Hall–Kier alpha value is -2.77. The maximum atomic E-state index is 13.5. The minimum absolute atomic E-state index is 0.0560. The predicted octanol–water partition coefficient (Wildman–Crippen LogP) is 2.57. The minimum atomic E-state index is -2.97. The van der Waals surface area contributed by atoms with Crippen molar-refractivity contribution < 1.29 is 13.6 Å². The number of aromatic nitrogens is 2. The van der Waals surface area contributed by atoms with Gasteiger partial charge in [0.15, 0.2) is 0 Å². The number of aryl methyl sites for hydroxylation is 1. The average molecular weight is 402 g/mol. The summed E-state index contributed by atoms with van der Waals surface area (Å²) in [4.78, 5) is 32.3. The van der Waals surface area contributed by atoms with Crippen molar-refractivity contribution in [1.82, 2.24) is 14.5 Å². The van der Waals surface area contributed by atoms with E-state index in [1.54, 1.807) is 28.6 Å². The standard InChI is InChI=1S/C21H24F2N4O2/c1-13-6-19(28)25(3)17-12-27(11-16(13)17)20(29)7-14-9-26(10-14)15-4-5-24-18(8-15)21(2,22)23/h4-6,8,14H,7,9-12H2,1-3H3. The van der Waals surface area contributed by atoms with Crippen LogP contribution >= 0.6 is 0 Å². The highest BCUT2D eigenvalue weighted by Gasteiger charge is 2.34. The zero-order valence-corrected chi connectivity index (χ0v) is 16.8. The zero-order valence-electron chi connectivity index (χ0n) is 16.8. The van der Waals surface area contributed by atoms with Crippen molar-refractivity contribution >= 4 is 11.6 Å². The lowest BCUT2D eigenvalue weighted by molar-refractivity contribution is -0.133. The first-order valence-electron chi connectivity index (χ1n) is 9.69. The monoisotopic (exact) mass is 402 g/mol. The third-order valence-electron chi connectivity index (χ3n) is 5.92. The molecule has 0 N–H and O–H groups in total. The van der Waals surface area contributed by atoms with Gasteiger partial charge in [-0.25, -0.2) is 0 Å². The number of hydrogen-bond donors (Lipinski definition) is 0. The van der Waals surface area contributed by atoms with E-state index in [1.165, 1.54) is 12.3 Å². The van der Waals surface area contributed by atoms with Crippen molar-refractivity contribution in [1.29, 1.82) is 0 Å². The highest BCUT2D eigenvalue weighted by Crippen LogP contribution is 2.32. The Labute approximate surface area is 167 Å². The van der Waals surface area contributed by atoms with Gasteiger partial charge in [0, 0.05) is 69.6 Å². The first-order valence-corrected chi connectivity index (χ1v) is 9.69. The molecule has 0 unspecified atom stereocenters. The molecule has 1 fully saturated rings. The van der Waals surface area contributed by atoms with Crippen LogP contribution in [0.25, 0.3) is 0 Å². The van der Waals surface area contributed by atoms with Gasteiger partial charge in [-0.15, -0.1) is 0 Å². The summed E-state index contributed by atoms with van der Waals surface area (Å²) in [6.45, 7) is 5.04. The van der Waals surface area contributed by atoms with Crippen molar-refractivity contribution in [3.63, 3.8) is 0 Å². The molecule has 0 radical (unpaired) electrons. The SMILES string of the molecule is Cc1cc(=O)n(C)c2c1CN(C(=O)CC1CN(c3ccnc(C(C)(F)F)c3)C1)C2. The van der Waals surface area contributed by atoms with Gasteiger partial charge in [-0.3, -0.25) is 14.6 Å². The van der Waals surface area contributed by atoms with E-state index in [9.17, 15) is 18.4 Å². The number of hydrogen-bond acceptors (Lipinski definition) is 4. The van der Waals surface area contributed by atoms with E-state index in [0.29, 0.717) is 38.3 Å². The minimum Gasteiger partial charge on any atom is -0.371 e. The van der Waals surface area contributed by atoms with Gasteiger partial charge in [-0.2, -0.15) is 8.78 Å². The van der Waals surface area contributed by atoms with E-state index < -0.39 is 5.92 Å². The number of alkyl halides is 2. The Morgan fingerprint density at radius 2 is 2.00 bits per heavy atom. The van der Waals surface area contributed by atoms with Crippen LogP contribution in [0.5, 0.6) is 0 Å². The first-order chi connectivity index (χ1) is 13.6. The number of nitrogens with zero attached hydrogens (tertiary/aromatic N) is 4. The molecule has 2 aromatic rings. The second-order valence-electron chi connectivity index (χ2n) is 8.16. The van der Waals surface area contributed by atoms with Gasteiger partial charge >= 0.3 is 0 Å². The summed E-state index contributed by atoms with van der Waals surface area (Å²) in [5, 5.41) is 0. The molecule has 0 atom stereocenters. The van der Waals surface area contributed by atoms with Crippen LogP contribution in [0.4, 0.5) is 14.5 Å². The van der Waals surface area contributed by atoms with E-state index in [4.69, 9.17) is 0 Å². The van der Waals surface area contributed by atoms with Gasteiger partial charge in [-0.1, -0.05) is 0 Å². The molecule has 1 saturated heterocycles. The van der Waals surface area contributed by atoms with Crippen molar-refractivity contribution in [2.45, 2.75) is 39.3 Å². The molecule has 0 aromatic carbocycles. The molecule has 0 bridgehead atoms. The number of anilines is 1. The maximum absolute atomic E-state index is 13.5. The van der Waals surface area contributed by atoms with Crippen molar-refractivity contribution in [2.24, 2.45) is 13.0 Å². The first kappa shape index (κ1) is 19.5. The molecule has 29 heavy (non-hydrogen) atoms. The number of rotatable bonds is 4. The van der Waals surface area contributed by atoms with Gasteiger partial charge in [0.25, 0.3) is 11.5 Å². The lowest BCUT2D eigenvalue weighted by Gasteiger charge is -2.41. The zero-order chi connectivity index (χ0) is 20.9. The second-order valence-corrected chi connectivity index (χ2v) is 8.16. The van der Waals surface area contributed by atoms with Crippen LogP contribution in [-0.4, -0.2) is 33.4 Å². The van der Waals surface area contributed by atoms with Gasteiger partial charge in [0.05, 0.1) is 6.54 Å². The number of carbonyl (C=O) groups excluding carboxylic acids is 1. The number of halogens is 2. The van der Waals surface area contributed by atoms with Crippen molar-refractivity contribution in [3.8, 4) is 0 Å². The van der Waals surface area contributed by atoms with E-state index in [0.717, 1.165) is 23.7 Å². The molecule has 2 aromatic heterocycles. The second kappa shape index (κ2) is 6.93. The molecule has 4 rings (SSSR count). The normalized spacial score (nSPS) is 16.7. The van der Waals surface area contributed by atoms with E-state index in [-0.39, 0.29) is 23.1 Å². The number of pyridine rings is 2. The molecular formula is C21H24F2N4O2. The molecule has 2 aliphatic heterocycles. The average Bonchev–Trinajstić information content (AvgIpc) is 3.08. The van der Waals surface area contributed by atoms with Crippen molar-refractivity contribution in [3.05, 3.63) is 57.3 Å². The van der Waals surface area contributed by atoms with Crippen molar-refractivity contribution in [2.75, 3.05) is 18.0 Å². The van der Waals surface area contributed by atoms with Crippen LogP contribution in [-0.2, 0) is 30.9 Å². The Morgan fingerprint density at radius 1 is 1.28 bits per heavy atom. The molecule has 0 saturated carbocycles. The smallest absolute Gasteiger partial charge is 0.287 e. The van der Waals surface area contributed by atoms with E-state index in [2.05, 4.69) is 4.98 Å². The summed E-state index contributed by atoms with van der Waals surface area (Å²) in [6.07, 6.45) is 1.81. The molecule has 0 spiro atoms. The lowest BCUT2D eigenvalue weighted by atomic mass is 9.94. The summed E-state index contributed by atoms with van der Waals surface area (Å²) in [6, 6.07) is 4.74. The maximum Gasteiger partial charge on any atom is 0.287 e. The van der Waals surface area contributed by atoms with Crippen LogP contribution in [0, 0.1) is 12.8 Å². The van der Waals surface area contributed by atoms with Crippen LogP contribution in [0.2, 0.25) is 0 Å². The third-order valence-corrected chi connectivity index (χ3v) is 5.92. The third kappa shape index (κ3) is 3.63. The Bertz CT molecular complexity index is 1020. The quantitative estimate of drug-likeness (QED) is 0.789. The molecule has 8 heteroatoms. The molecule has 1 amide bonds. The van der Waals surface area contributed by atoms with E-state index in [1.807, 2.05) is 11.8 Å². The fourth-order valence-electron chi connectivity index (χ4n) is 4.10. The Balaban J connectivity index is 1.36. The molecule has 4 heterocycles. The summed E-state index contributed by atoms with van der Waals surface area (Å²) in [5.41, 5.74) is 3.29. The fraction of sp³-hybridized carbons (Fsp3) is 0.476. The van der Waals surface area contributed by atoms with Gasteiger partial charge in [-0.05, 0) is 30.2 Å². The molecule has 2 aliphatic rings. The number of amides is 1. The lowest BCUT2D eigenvalue weighted by Crippen LogP contribution is -2.48. The largest absolute Gasteiger partial charge is 0.371 e. The molecule has 6 nitrogen and oxygen atoms in total. The van der Waals surface area contributed by atoms with Crippen LogP contribution in [0.15, 0.2) is 29.2 Å². The van der Waals surface area contributed by atoms with Gasteiger partial charge in [0.2, 0.25) is 5.91 Å². The summed E-state index contributed by atoms with van der Waals surface area (Å²) in [5.74, 6) is -2.72. The number of carbonyl (C=O) groups is 1. The summed E-state index contributed by atoms with van der Waals surface area (Å²) < 4.78 is 28.6. The van der Waals surface area contributed by atoms with Crippen LogP contribution in [0.3, 0.4) is 0 Å². The molecule has 0 aliphatic carbocycles. The van der Waals surface area contributed by atoms with Gasteiger partial charge < -0.3 is 14.4 Å². The van der Waals surface area contributed by atoms with Crippen LogP contribution in [0.1, 0.15) is 35.9 Å². The summed E-state index contributed by atoms with van der Waals surface area (Å²) in [7, 11) is 1.74. The Kier molecular flexibility index (Phi) is 4.67. The van der Waals surface area contributed by atoms with E-state index >= 15 is 0 Å². The van der Waals surface area contributed by atoms with Crippen LogP contribution < -0.4 is 10.5 Å². The summed E-state index contributed by atoms with van der Waals surface area (Å²) >= 11 is 0. The fourth-order valence-corrected chi connectivity index (χ4v) is 4.10. The highest BCUT2D eigenvalue weighted by molar-refractivity contribution is 5.77. The molecular weight excluding hydrogens is 378 g/mol. The highest BCUT2D eigenvalue weighted by atomic mass is 19.3. The number of fused-ring (bicyclic) bond motifs is 1.